The van der Waals surface area contributed by atoms with Gasteiger partial charge in [-0.05, 0) is 24.7 Å². The molecule has 5 heteroatoms. The van der Waals surface area contributed by atoms with E-state index in [-0.39, 0.29) is 0 Å². The maximum absolute atomic E-state index is 6.00. The van der Waals surface area contributed by atoms with Crippen molar-refractivity contribution in [2.24, 2.45) is 0 Å². The van der Waals surface area contributed by atoms with E-state index in [9.17, 15) is 0 Å². The van der Waals surface area contributed by atoms with E-state index in [0.717, 1.165) is 22.7 Å². The summed E-state index contributed by atoms with van der Waals surface area (Å²) in [6.07, 6.45) is 0. The zero-order chi connectivity index (χ0) is 15.4. The molecule has 0 bridgehead atoms. The summed E-state index contributed by atoms with van der Waals surface area (Å²) in [5.74, 6) is 1.22. The Labute approximate surface area is 134 Å². The second kappa shape index (κ2) is 6.73. The van der Waals surface area contributed by atoms with Crippen LogP contribution in [0.5, 0.6) is 0 Å². The Kier molecular flexibility index (Phi) is 4.51. The molecule has 0 N–H and O–H groups in total. The van der Waals surface area contributed by atoms with Gasteiger partial charge in [0.1, 0.15) is 0 Å². The molecule has 3 rings (SSSR count). The highest BCUT2D eigenvalue weighted by molar-refractivity contribution is 6.30. The summed E-state index contributed by atoms with van der Waals surface area (Å²) in [6.45, 7) is 1.36. The van der Waals surface area contributed by atoms with Gasteiger partial charge in [0.15, 0.2) is 0 Å². The molecular weight excluding hydrogens is 298 g/mol. The van der Waals surface area contributed by atoms with Crippen LogP contribution < -0.4 is 0 Å². The fraction of sp³-hybridized carbons (Fsp3) is 0.176. The molecule has 112 valence electrons. The van der Waals surface area contributed by atoms with E-state index in [1.54, 1.807) is 0 Å². The first kappa shape index (κ1) is 14.8. The summed E-state index contributed by atoms with van der Waals surface area (Å²) in [4.78, 5) is 6.54. The molecule has 1 heterocycles. The Morgan fingerprint density at radius 2 is 1.86 bits per heavy atom. The SMILES string of the molecule is CN(Cc1cccc(Cl)c1)Cc1nc(-c2ccccc2)no1. The summed E-state index contributed by atoms with van der Waals surface area (Å²) in [6, 6.07) is 17.6. The highest BCUT2D eigenvalue weighted by atomic mass is 35.5. The average molecular weight is 314 g/mol. The molecule has 22 heavy (non-hydrogen) atoms. The van der Waals surface area contributed by atoms with Gasteiger partial charge in [-0.15, -0.1) is 0 Å². The molecule has 0 unspecified atom stereocenters. The Morgan fingerprint density at radius 1 is 1.05 bits per heavy atom. The number of hydrogen-bond donors (Lipinski definition) is 0. The predicted molar refractivity (Wildman–Crippen MR) is 86.4 cm³/mol. The Bertz CT molecular complexity index is 742. The van der Waals surface area contributed by atoms with E-state index in [4.69, 9.17) is 16.1 Å². The van der Waals surface area contributed by atoms with Crippen LogP contribution in [0.25, 0.3) is 11.4 Å². The molecule has 0 atom stereocenters. The normalized spacial score (nSPS) is 11.0. The van der Waals surface area contributed by atoms with Crippen molar-refractivity contribution in [1.82, 2.24) is 15.0 Å². The van der Waals surface area contributed by atoms with Gasteiger partial charge in [-0.2, -0.15) is 4.98 Å². The largest absolute Gasteiger partial charge is 0.338 e. The molecule has 3 aromatic rings. The number of aromatic nitrogens is 2. The lowest BCUT2D eigenvalue weighted by atomic mass is 10.2. The number of hydrogen-bond acceptors (Lipinski definition) is 4. The van der Waals surface area contributed by atoms with Crippen molar-refractivity contribution < 1.29 is 4.52 Å². The van der Waals surface area contributed by atoms with Crippen molar-refractivity contribution in [2.75, 3.05) is 7.05 Å². The molecule has 4 nitrogen and oxygen atoms in total. The molecule has 0 saturated heterocycles. The van der Waals surface area contributed by atoms with Crippen LogP contribution in [-0.4, -0.2) is 22.1 Å². The highest BCUT2D eigenvalue weighted by Gasteiger charge is 2.10. The van der Waals surface area contributed by atoms with Gasteiger partial charge >= 0.3 is 0 Å². The van der Waals surface area contributed by atoms with E-state index in [0.29, 0.717) is 18.3 Å². The van der Waals surface area contributed by atoms with E-state index in [1.165, 1.54) is 0 Å². The van der Waals surface area contributed by atoms with Crippen molar-refractivity contribution in [2.45, 2.75) is 13.1 Å². The van der Waals surface area contributed by atoms with Crippen LogP contribution in [0.2, 0.25) is 5.02 Å². The fourth-order valence-electron chi connectivity index (χ4n) is 2.26. The van der Waals surface area contributed by atoms with Crippen LogP contribution in [0.1, 0.15) is 11.5 Å². The van der Waals surface area contributed by atoms with Crippen LogP contribution in [0.15, 0.2) is 59.1 Å². The summed E-state index contributed by atoms with van der Waals surface area (Å²) in [5, 5.41) is 4.77. The third-order valence-electron chi connectivity index (χ3n) is 3.25. The predicted octanol–water partition coefficient (Wildman–Crippen LogP) is 4.02. The molecular formula is C17H16ClN3O. The van der Waals surface area contributed by atoms with Crippen LogP contribution >= 0.6 is 11.6 Å². The first-order valence-electron chi connectivity index (χ1n) is 7.02. The van der Waals surface area contributed by atoms with Crippen LogP contribution in [0.3, 0.4) is 0 Å². The second-order valence-corrected chi connectivity index (χ2v) is 5.62. The van der Waals surface area contributed by atoms with E-state index in [1.807, 2.05) is 61.6 Å². The maximum Gasteiger partial charge on any atom is 0.241 e. The molecule has 1 aromatic heterocycles. The lowest BCUT2D eigenvalue weighted by Crippen LogP contribution is -2.17. The molecule has 0 aliphatic rings. The minimum absolute atomic E-state index is 0.590. The van der Waals surface area contributed by atoms with E-state index in [2.05, 4.69) is 15.0 Å². The van der Waals surface area contributed by atoms with Gasteiger partial charge in [0.25, 0.3) is 0 Å². The minimum atomic E-state index is 0.590. The van der Waals surface area contributed by atoms with Crippen molar-refractivity contribution in [3.8, 4) is 11.4 Å². The van der Waals surface area contributed by atoms with Crippen molar-refractivity contribution in [3.63, 3.8) is 0 Å². The van der Waals surface area contributed by atoms with Crippen molar-refractivity contribution in [3.05, 3.63) is 71.1 Å². The molecule has 0 radical (unpaired) electrons. The molecule has 0 aliphatic carbocycles. The fourth-order valence-corrected chi connectivity index (χ4v) is 2.47. The lowest BCUT2D eigenvalue weighted by molar-refractivity contribution is 0.261. The zero-order valence-electron chi connectivity index (χ0n) is 12.2. The van der Waals surface area contributed by atoms with Gasteiger partial charge in [0.05, 0.1) is 6.54 Å². The molecule has 0 fully saturated rings. The molecule has 0 amide bonds. The van der Waals surface area contributed by atoms with Gasteiger partial charge < -0.3 is 4.52 Å². The van der Waals surface area contributed by atoms with Crippen molar-refractivity contribution in [1.29, 1.82) is 0 Å². The molecule has 0 saturated carbocycles. The van der Waals surface area contributed by atoms with Gasteiger partial charge in [-0.25, -0.2) is 0 Å². The van der Waals surface area contributed by atoms with Crippen LogP contribution in [0.4, 0.5) is 0 Å². The van der Waals surface area contributed by atoms with Crippen molar-refractivity contribution >= 4 is 11.6 Å². The first-order valence-corrected chi connectivity index (χ1v) is 7.39. The first-order chi connectivity index (χ1) is 10.7. The summed E-state index contributed by atoms with van der Waals surface area (Å²) >= 11 is 6.00. The lowest BCUT2D eigenvalue weighted by Gasteiger charge is -2.14. The average Bonchev–Trinajstić information content (AvgIpc) is 2.96. The smallest absolute Gasteiger partial charge is 0.241 e. The number of halogens is 1. The highest BCUT2D eigenvalue weighted by Crippen LogP contribution is 2.16. The topological polar surface area (TPSA) is 42.2 Å². The Hall–Kier alpha value is -2.17. The molecule has 2 aromatic carbocycles. The van der Waals surface area contributed by atoms with Gasteiger partial charge in [0.2, 0.25) is 11.7 Å². The van der Waals surface area contributed by atoms with Crippen LogP contribution in [0, 0.1) is 0 Å². The number of nitrogens with zero attached hydrogens (tertiary/aromatic N) is 3. The van der Waals surface area contributed by atoms with Gasteiger partial charge in [-0.1, -0.05) is 59.2 Å². The van der Waals surface area contributed by atoms with Gasteiger partial charge in [0, 0.05) is 17.1 Å². The van der Waals surface area contributed by atoms with E-state index >= 15 is 0 Å². The Balaban J connectivity index is 1.65. The van der Waals surface area contributed by atoms with E-state index < -0.39 is 0 Å². The van der Waals surface area contributed by atoms with Gasteiger partial charge in [-0.3, -0.25) is 4.90 Å². The summed E-state index contributed by atoms with van der Waals surface area (Å²) in [5.41, 5.74) is 2.10. The summed E-state index contributed by atoms with van der Waals surface area (Å²) in [7, 11) is 2.01. The monoisotopic (exact) mass is 313 g/mol. The zero-order valence-corrected chi connectivity index (χ0v) is 13.0. The number of benzene rings is 2. The maximum atomic E-state index is 6.00. The third kappa shape index (κ3) is 3.72. The second-order valence-electron chi connectivity index (χ2n) is 5.18. The third-order valence-corrected chi connectivity index (χ3v) is 3.48. The quantitative estimate of drug-likeness (QED) is 0.713. The molecule has 0 spiro atoms. The minimum Gasteiger partial charge on any atom is -0.338 e. The van der Waals surface area contributed by atoms with Crippen LogP contribution in [-0.2, 0) is 13.1 Å². The Morgan fingerprint density at radius 3 is 2.64 bits per heavy atom. The summed E-state index contributed by atoms with van der Waals surface area (Å²) < 4.78 is 5.32. The number of rotatable bonds is 5. The molecule has 0 aliphatic heterocycles. The standard InChI is InChI=1S/C17H16ClN3O/c1-21(11-13-6-5-9-15(18)10-13)12-16-19-17(20-22-16)14-7-3-2-4-8-14/h2-10H,11-12H2,1H3.